The van der Waals surface area contributed by atoms with Crippen LogP contribution in [0, 0.1) is 33.8 Å². The molecule has 1 saturated heterocycles. The lowest BCUT2D eigenvalue weighted by molar-refractivity contribution is -0.383. The van der Waals surface area contributed by atoms with Crippen LogP contribution in [0.2, 0.25) is 0 Å². The number of nitrogens with zero attached hydrogens (tertiary/aromatic N) is 2. The molecule has 1 aromatic carbocycles. The molecule has 2 bridgehead atoms. The summed E-state index contributed by atoms with van der Waals surface area (Å²) in [5, 5.41) is 15.1. The molecular formula is C22H25N3O4. The summed E-state index contributed by atoms with van der Waals surface area (Å²) in [6, 6.07) is 4.92. The summed E-state index contributed by atoms with van der Waals surface area (Å²) in [4.78, 5) is 38.5. The Morgan fingerprint density at radius 3 is 2.17 bits per heavy atom. The molecule has 4 aliphatic rings. The number of nitro benzene ring substituents is 1. The SMILES string of the molecule is O=C1[C@H]2[C@H](C(=O)N1c1ccc(NC3CCCCCC3)c([N+](=O)[O-])c1)[C@H]1C=C[C@H]2C1. The molecule has 7 heteroatoms. The van der Waals surface area contributed by atoms with Crippen LogP contribution in [0.3, 0.4) is 0 Å². The quantitative estimate of drug-likeness (QED) is 0.273. The fraction of sp³-hybridized carbons (Fsp3) is 0.545. The van der Waals surface area contributed by atoms with Crippen LogP contribution in [0.5, 0.6) is 0 Å². The number of hydrogen-bond donors (Lipinski definition) is 1. The van der Waals surface area contributed by atoms with Crippen LogP contribution in [-0.2, 0) is 9.59 Å². The summed E-state index contributed by atoms with van der Waals surface area (Å²) in [6.07, 6.45) is 11.6. The number of amides is 2. The molecule has 0 spiro atoms. The summed E-state index contributed by atoms with van der Waals surface area (Å²) < 4.78 is 0. The zero-order chi connectivity index (χ0) is 20.1. The number of nitrogens with one attached hydrogen (secondary N) is 1. The predicted molar refractivity (Wildman–Crippen MR) is 108 cm³/mol. The van der Waals surface area contributed by atoms with Crippen molar-refractivity contribution in [2.24, 2.45) is 23.7 Å². The number of allylic oxidation sites excluding steroid dienone is 2. The lowest BCUT2D eigenvalue weighted by Crippen LogP contribution is -2.33. The molecule has 29 heavy (non-hydrogen) atoms. The smallest absolute Gasteiger partial charge is 0.294 e. The Balaban J connectivity index is 1.43. The fourth-order valence-electron chi connectivity index (χ4n) is 5.73. The number of carbonyl (C=O) groups excluding carboxylic acids is 2. The molecule has 1 N–H and O–H groups in total. The van der Waals surface area contributed by atoms with Crippen molar-refractivity contribution in [2.45, 2.75) is 51.0 Å². The highest BCUT2D eigenvalue weighted by Crippen LogP contribution is 2.53. The number of rotatable bonds is 4. The van der Waals surface area contributed by atoms with Gasteiger partial charge in [0.15, 0.2) is 0 Å². The largest absolute Gasteiger partial charge is 0.377 e. The van der Waals surface area contributed by atoms with Gasteiger partial charge in [-0.3, -0.25) is 19.7 Å². The van der Waals surface area contributed by atoms with Crippen molar-refractivity contribution in [1.82, 2.24) is 0 Å². The van der Waals surface area contributed by atoms with Crippen molar-refractivity contribution < 1.29 is 14.5 Å². The molecule has 0 aromatic heterocycles. The first-order valence-corrected chi connectivity index (χ1v) is 10.7. The van der Waals surface area contributed by atoms with Gasteiger partial charge in [0, 0.05) is 12.1 Å². The first kappa shape index (κ1) is 18.3. The molecule has 1 heterocycles. The van der Waals surface area contributed by atoms with Crippen LogP contribution in [0.1, 0.15) is 44.9 Å². The minimum absolute atomic E-state index is 0.0782. The van der Waals surface area contributed by atoms with E-state index in [-0.39, 0.29) is 47.2 Å². The maximum atomic E-state index is 13.0. The summed E-state index contributed by atoms with van der Waals surface area (Å²) >= 11 is 0. The first-order valence-electron chi connectivity index (χ1n) is 10.7. The van der Waals surface area contributed by atoms with E-state index in [0.717, 1.165) is 32.1 Å². The van der Waals surface area contributed by atoms with E-state index in [1.54, 1.807) is 12.1 Å². The molecule has 7 nitrogen and oxygen atoms in total. The van der Waals surface area contributed by atoms with Crippen molar-refractivity contribution >= 4 is 28.9 Å². The monoisotopic (exact) mass is 395 g/mol. The second-order valence-electron chi connectivity index (χ2n) is 8.80. The molecule has 4 atom stereocenters. The van der Waals surface area contributed by atoms with Gasteiger partial charge in [-0.1, -0.05) is 37.8 Å². The zero-order valence-electron chi connectivity index (χ0n) is 16.3. The van der Waals surface area contributed by atoms with Crippen LogP contribution in [0.15, 0.2) is 30.4 Å². The average Bonchev–Trinajstić information content (AvgIpc) is 3.31. The zero-order valence-corrected chi connectivity index (χ0v) is 16.3. The van der Waals surface area contributed by atoms with E-state index in [4.69, 9.17) is 0 Å². The third kappa shape index (κ3) is 2.94. The van der Waals surface area contributed by atoms with Crippen molar-refractivity contribution in [2.75, 3.05) is 10.2 Å². The molecule has 5 rings (SSSR count). The molecule has 3 aliphatic carbocycles. The summed E-state index contributed by atoms with van der Waals surface area (Å²) in [5.74, 6) is -0.790. The third-order valence-corrected chi connectivity index (χ3v) is 7.12. The van der Waals surface area contributed by atoms with E-state index in [9.17, 15) is 19.7 Å². The van der Waals surface area contributed by atoms with Gasteiger partial charge in [-0.2, -0.15) is 0 Å². The fourth-order valence-corrected chi connectivity index (χ4v) is 5.73. The van der Waals surface area contributed by atoms with Gasteiger partial charge in [0.2, 0.25) is 11.8 Å². The topological polar surface area (TPSA) is 92.6 Å². The van der Waals surface area contributed by atoms with Gasteiger partial charge in [0.05, 0.1) is 22.4 Å². The van der Waals surface area contributed by atoms with Gasteiger partial charge < -0.3 is 5.32 Å². The second-order valence-corrected chi connectivity index (χ2v) is 8.80. The average molecular weight is 395 g/mol. The van der Waals surface area contributed by atoms with Gasteiger partial charge in [-0.15, -0.1) is 0 Å². The first-order chi connectivity index (χ1) is 14.0. The lowest BCUT2D eigenvalue weighted by Gasteiger charge is -2.20. The molecule has 152 valence electrons. The van der Waals surface area contributed by atoms with Crippen LogP contribution < -0.4 is 10.2 Å². The Morgan fingerprint density at radius 1 is 0.966 bits per heavy atom. The molecular weight excluding hydrogens is 370 g/mol. The number of nitro groups is 1. The highest BCUT2D eigenvalue weighted by Gasteiger charge is 2.59. The van der Waals surface area contributed by atoms with Gasteiger partial charge in [-0.05, 0) is 43.2 Å². The minimum Gasteiger partial charge on any atom is -0.377 e. The van der Waals surface area contributed by atoms with Gasteiger partial charge in [0.1, 0.15) is 5.69 Å². The van der Waals surface area contributed by atoms with E-state index in [2.05, 4.69) is 5.32 Å². The molecule has 1 aliphatic heterocycles. The Labute approximate surface area is 169 Å². The number of imide groups is 1. The minimum atomic E-state index is -0.431. The third-order valence-electron chi connectivity index (χ3n) is 7.12. The number of hydrogen-bond acceptors (Lipinski definition) is 5. The standard InChI is InChI=1S/C22H25N3O4/c26-21-19-13-7-8-14(11-13)20(19)22(27)24(21)16-9-10-17(18(12-16)25(28)29)23-15-5-3-1-2-4-6-15/h7-10,12-15,19-20,23H,1-6,11H2/t13-,14-,19+,20+/m0/s1. The summed E-state index contributed by atoms with van der Waals surface area (Å²) in [6.45, 7) is 0. The van der Waals surface area contributed by atoms with Crippen molar-refractivity contribution in [3.8, 4) is 0 Å². The molecule has 2 saturated carbocycles. The van der Waals surface area contributed by atoms with Crippen LogP contribution in [-0.4, -0.2) is 22.8 Å². The maximum absolute atomic E-state index is 13.0. The van der Waals surface area contributed by atoms with Crippen LogP contribution in [0.25, 0.3) is 0 Å². The second kappa shape index (κ2) is 6.97. The molecule has 3 fully saturated rings. The number of fused-ring (bicyclic) bond motifs is 5. The Morgan fingerprint density at radius 2 is 1.59 bits per heavy atom. The Bertz CT molecular complexity index is 873. The van der Waals surface area contributed by atoms with Crippen molar-refractivity contribution in [3.05, 3.63) is 40.5 Å². The highest BCUT2D eigenvalue weighted by molar-refractivity contribution is 6.23. The van der Waals surface area contributed by atoms with Gasteiger partial charge in [-0.25, -0.2) is 4.90 Å². The van der Waals surface area contributed by atoms with E-state index >= 15 is 0 Å². The normalized spacial score (nSPS) is 31.2. The number of carbonyl (C=O) groups is 2. The van der Waals surface area contributed by atoms with Crippen LogP contribution in [0.4, 0.5) is 17.1 Å². The van der Waals surface area contributed by atoms with Crippen LogP contribution >= 0.6 is 0 Å². The molecule has 2 amide bonds. The predicted octanol–water partition coefficient (Wildman–Crippen LogP) is 4.04. The molecule has 0 unspecified atom stereocenters. The molecule has 0 radical (unpaired) electrons. The van der Waals surface area contributed by atoms with E-state index < -0.39 is 4.92 Å². The van der Waals surface area contributed by atoms with Crippen molar-refractivity contribution in [3.63, 3.8) is 0 Å². The molecule has 1 aromatic rings. The maximum Gasteiger partial charge on any atom is 0.294 e. The van der Waals surface area contributed by atoms with E-state index in [1.165, 1.54) is 23.8 Å². The Kier molecular flexibility index (Phi) is 4.41. The Hall–Kier alpha value is -2.70. The van der Waals surface area contributed by atoms with E-state index in [0.29, 0.717) is 11.4 Å². The number of benzene rings is 1. The number of anilines is 2. The summed E-state index contributed by atoms with van der Waals surface area (Å²) in [7, 11) is 0. The van der Waals surface area contributed by atoms with E-state index in [1.807, 2.05) is 12.2 Å². The van der Waals surface area contributed by atoms with Crippen molar-refractivity contribution in [1.29, 1.82) is 0 Å². The highest BCUT2D eigenvalue weighted by atomic mass is 16.6. The van der Waals surface area contributed by atoms with Gasteiger partial charge in [0.25, 0.3) is 5.69 Å². The van der Waals surface area contributed by atoms with Gasteiger partial charge >= 0.3 is 0 Å². The summed E-state index contributed by atoms with van der Waals surface area (Å²) in [5.41, 5.74) is 0.698. The lowest BCUT2D eigenvalue weighted by atomic mass is 9.85.